The number of thiophene rings is 1. The summed E-state index contributed by atoms with van der Waals surface area (Å²) in [5, 5.41) is 13.4. The molecule has 8 heteroatoms. The van der Waals surface area contributed by atoms with Crippen molar-refractivity contribution in [3.05, 3.63) is 28.9 Å². The molecule has 7 nitrogen and oxygen atoms in total. The van der Waals surface area contributed by atoms with Crippen LogP contribution in [0.3, 0.4) is 0 Å². The van der Waals surface area contributed by atoms with E-state index in [2.05, 4.69) is 49.0 Å². The van der Waals surface area contributed by atoms with Crippen molar-refractivity contribution in [3.8, 4) is 10.7 Å². The summed E-state index contributed by atoms with van der Waals surface area (Å²) in [5.74, 6) is 1.98. The number of aryl methyl sites for hydroxylation is 3. The van der Waals surface area contributed by atoms with Crippen molar-refractivity contribution in [1.82, 2.24) is 24.5 Å². The van der Waals surface area contributed by atoms with Crippen molar-refractivity contribution >= 4 is 23.0 Å². The normalized spacial score (nSPS) is 17.6. The number of anilines is 2. The summed E-state index contributed by atoms with van der Waals surface area (Å²) in [7, 11) is 4.06. The van der Waals surface area contributed by atoms with Gasteiger partial charge in [0, 0.05) is 51.3 Å². The van der Waals surface area contributed by atoms with E-state index in [1.165, 1.54) is 48.2 Å². The van der Waals surface area contributed by atoms with E-state index in [0.717, 1.165) is 38.0 Å². The molecule has 0 unspecified atom stereocenters. The van der Waals surface area contributed by atoms with Crippen molar-refractivity contribution in [3.63, 3.8) is 0 Å². The summed E-state index contributed by atoms with van der Waals surface area (Å²) < 4.78 is 4.03. The smallest absolute Gasteiger partial charge is 0.227 e. The SMILES string of the molecule is Cn1cc(N2CCN(c3nnc(-c4cc5c(s4)CCCCC5)n3C)CC2)cn1. The first-order valence-electron chi connectivity index (χ1n) is 10.2. The van der Waals surface area contributed by atoms with Crippen molar-refractivity contribution in [2.24, 2.45) is 14.1 Å². The molecule has 2 aliphatic rings. The van der Waals surface area contributed by atoms with Crippen LogP contribution in [0.5, 0.6) is 0 Å². The van der Waals surface area contributed by atoms with Crippen molar-refractivity contribution in [2.75, 3.05) is 36.0 Å². The predicted octanol–water partition coefficient (Wildman–Crippen LogP) is 2.87. The van der Waals surface area contributed by atoms with Gasteiger partial charge in [0.1, 0.15) is 0 Å². The lowest BCUT2D eigenvalue weighted by molar-refractivity contribution is 0.629. The highest BCUT2D eigenvalue weighted by atomic mass is 32.1. The lowest BCUT2D eigenvalue weighted by atomic mass is 10.1. The van der Waals surface area contributed by atoms with Gasteiger partial charge >= 0.3 is 0 Å². The topological polar surface area (TPSA) is 55.0 Å². The Bertz CT molecular complexity index is 938. The van der Waals surface area contributed by atoms with E-state index in [4.69, 9.17) is 0 Å². The van der Waals surface area contributed by atoms with Gasteiger partial charge in [0.25, 0.3) is 0 Å². The molecule has 0 radical (unpaired) electrons. The molecule has 1 aliphatic carbocycles. The Kier molecular flexibility index (Phi) is 4.58. The van der Waals surface area contributed by atoms with E-state index in [1.807, 2.05) is 29.3 Å². The maximum atomic E-state index is 4.56. The van der Waals surface area contributed by atoms with Gasteiger partial charge in [-0.25, -0.2) is 0 Å². The highest BCUT2D eigenvalue weighted by molar-refractivity contribution is 7.15. The second-order valence-corrected chi connectivity index (χ2v) is 8.99. The van der Waals surface area contributed by atoms with Crippen LogP contribution in [-0.4, -0.2) is 50.7 Å². The fourth-order valence-electron chi connectivity index (χ4n) is 4.32. The first-order valence-corrected chi connectivity index (χ1v) is 11.0. The molecular weight excluding hydrogens is 370 g/mol. The third-order valence-electron chi connectivity index (χ3n) is 5.94. The Morgan fingerprint density at radius 1 is 0.929 bits per heavy atom. The highest BCUT2D eigenvalue weighted by Gasteiger charge is 2.24. The molecule has 1 aliphatic heterocycles. The van der Waals surface area contributed by atoms with Gasteiger partial charge in [0.2, 0.25) is 5.95 Å². The van der Waals surface area contributed by atoms with Crippen LogP contribution < -0.4 is 9.80 Å². The van der Waals surface area contributed by atoms with Crippen molar-refractivity contribution < 1.29 is 0 Å². The summed E-state index contributed by atoms with van der Waals surface area (Å²) in [6, 6.07) is 2.36. The van der Waals surface area contributed by atoms with E-state index >= 15 is 0 Å². The van der Waals surface area contributed by atoms with Crippen LogP contribution in [0, 0.1) is 0 Å². The molecule has 0 aromatic carbocycles. The first-order chi connectivity index (χ1) is 13.7. The largest absolute Gasteiger partial charge is 0.365 e. The summed E-state index contributed by atoms with van der Waals surface area (Å²) >= 11 is 1.92. The summed E-state index contributed by atoms with van der Waals surface area (Å²) in [6.07, 6.45) is 10.4. The fraction of sp³-hybridized carbons (Fsp3) is 0.550. The van der Waals surface area contributed by atoms with Crippen LogP contribution in [0.15, 0.2) is 18.5 Å². The zero-order chi connectivity index (χ0) is 19.1. The van der Waals surface area contributed by atoms with Gasteiger partial charge < -0.3 is 9.80 Å². The summed E-state index contributed by atoms with van der Waals surface area (Å²) in [6.45, 7) is 3.84. The number of piperazine rings is 1. The summed E-state index contributed by atoms with van der Waals surface area (Å²) in [5.41, 5.74) is 2.73. The number of rotatable bonds is 3. The van der Waals surface area contributed by atoms with Gasteiger partial charge in [0.15, 0.2) is 5.82 Å². The molecule has 148 valence electrons. The quantitative estimate of drug-likeness (QED) is 0.636. The Morgan fingerprint density at radius 2 is 1.71 bits per heavy atom. The van der Waals surface area contributed by atoms with Gasteiger partial charge in [-0.1, -0.05) is 6.42 Å². The van der Waals surface area contributed by atoms with E-state index in [0.29, 0.717) is 0 Å². The zero-order valence-electron chi connectivity index (χ0n) is 16.6. The van der Waals surface area contributed by atoms with Crippen LogP contribution in [-0.2, 0) is 26.9 Å². The Hall–Kier alpha value is -2.35. The Balaban J connectivity index is 1.32. The molecule has 0 amide bonds. The minimum atomic E-state index is 0.946. The Labute approximate surface area is 169 Å². The fourth-order valence-corrected chi connectivity index (χ4v) is 5.60. The average molecular weight is 398 g/mol. The number of hydrogen-bond acceptors (Lipinski definition) is 6. The lowest BCUT2D eigenvalue weighted by Gasteiger charge is -2.35. The van der Waals surface area contributed by atoms with Crippen LogP contribution in [0.2, 0.25) is 0 Å². The second kappa shape index (κ2) is 7.24. The molecule has 3 aromatic rings. The van der Waals surface area contributed by atoms with Crippen LogP contribution in [0.4, 0.5) is 11.6 Å². The van der Waals surface area contributed by atoms with Gasteiger partial charge in [0.05, 0.1) is 16.8 Å². The monoisotopic (exact) mass is 397 g/mol. The number of hydrogen-bond donors (Lipinski definition) is 0. The van der Waals surface area contributed by atoms with Crippen LogP contribution in [0.25, 0.3) is 10.7 Å². The number of aromatic nitrogens is 5. The second-order valence-electron chi connectivity index (χ2n) is 7.85. The average Bonchev–Trinajstić information content (AvgIpc) is 3.37. The molecule has 1 fully saturated rings. The van der Waals surface area contributed by atoms with Gasteiger partial charge in [-0.15, -0.1) is 21.5 Å². The van der Waals surface area contributed by atoms with Crippen LogP contribution >= 0.6 is 11.3 Å². The number of nitrogens with zero attached hydrogens (tertiary/aromatic N) is 7. The van der Waals surface area contributed by atoms with Gasteiger partial charge in [-0.05, 0) is 37.3 Å². The molecule has 0 saturated carbocycles. The van der Waals surface area contributed by atoms with Gasteiger partial charge in [-0.2, -0.15) is 5.10 Å². The van der Waals surface area contributed by atoms with E-state index < -0.39 is 0 Å². The molecule has 0 bridgehead atoms. The minimum Gasteiger partial charge on any atom is -0.365 e. The molecule has 1 saturated heterocycles. The molecule has 0 atom stereocenters. The third kappa shape index (κ3) is 3.19. The highest BCUT2D eigenvalue weighted by Crippen LogP contribution is 2.35. The number of fused-ring (bicyclic) bond motifs is 1. The molecule has 4 heterocycles. The zero-order valence-corrected chi connectivity index (χ0v) is 17.5. The molecule has 28 heavy (non-hydrogen) atoms. The van der Waals surface area contributed by atoms with Crippen LogP contribution in [0.1, 0.15) is 29.7 Å². The van der Waals surface area contributed by atoms with Crippen molar-refractivity contribution in [1.29, 1.82) is 0 Å². The minimum absolute atomic E-state index is 0.946. The van der Waals surface area contributed by atoms with E-state index in [-0.39, 0.29) is 0 Å². The third-order valence-corrected chi connectivity index (χ3v) is 7.17. The van der Waals surface area contributed by atoms with Gasteiger partial charge in [-0.3, -0.25) is 9.25 Å². The summed E-state index contributed by atoms with van der Waals surface area (Å²) in [4.78, 5) is 7.56. The maximum absolute atomic E-state index is 4.56. The molecular formula is C20H27N7S. The van der Waals surface area contributed by atoms with E-state index in [1.54, 1.807) is 4.88 Å². The van der Waals surface area contributed by atoms with E-state index in [9.17, 15) is 0 Å². The lowest BCUT2D eigenvalue weighted by Crippen LogP contribution is -2.47. The standard InChI is InChI=1S/C20H27N7S/c1-24-14-16(13-21-24)26-8-10-27(11-9-26)20-23-22-19(25(20)2)18-12-15-6-4-3-5-7-17(15)28-18/h12-14H,3-11H2,1-2H3. The maximum Gasteiger partial charge on any atom is 0.227 e. The van der Waals surface area contributed by atoms with Crippen molar-refractivity contribution in [2.45, 2.75) is 32.1 Å². The molecule has 3 aromatic heterocycles. The Morgan fingerprint density at radius 3 is 2.50 bits per heavy atom. The molecule has 0 spiro atoms. The first kappa shape index (κ1) is 17.7. The molecule has 0 N–H and O–H groups in total. The predicted molar refractivity (Wildman–Crippen MR) is 113 cm³/mol. The molecule has 5 rings (SSSR count).